The molecule has 0 aromatic rings. The Morgan fingerprint density at radius 2 is 1.71 bits per heavy atom. The third-order valence-corrected chi connectivity index (χ3v) is 4.15. The van der Waals surface area contributed by atoms with Crippen LogP contribution < -0.4 is 0 Å². The first-order chi connectivity index (χ1) is 8.12. The van der Waals surface area contributed by atoms with Crippen molar-refractivity contribution < 1.29 is 9.59 Å². The summed E-state index contributed by atoms with van der Waals surface area (Å²) in [5.74, 6) is 1.31. The minimum absolute atomic E-state index is 0.556. The lowest BCUT2D eigenvalue weighted by Crippen LogP contribution is -2.26. The van der Waals surface area contributed by atoms with Gasteiger partial charge in [-0.1, -0.05) is 39.5 Å². The minimum atomic E-state index is -0.688. The summed E-state index contributed by atoms with van der Waals surface area (Å²) in [5.41, 5.74) is -0.688. The van der Waals surface area contributed by atoms with E-state index in [-0.39, 0.29) is 0 Å². The van der Waals surface area contributed by atoms with Crippen LogP contribution in [0, 0.1) is 17.3 Å². The normalized spacial score (nSPS) is 17.6. The quantitative estimate of drug-likeness (QED) is 0.476. The largest absolute Gasteiger partial charge is 0.302 e. The van der Waals surface area contributed by atoms with Gasteiger partial charge in [0.1, 0.15) is 12.6 Å². The number of rotatable bonds is 8. The van der Waals surface area contributed by atoms with Crippen LogP contribution in [0.4, 0.5) is 0 Å². The lowest BCUT2D eigenvalue weighted by molar-refractivity contribution is -0.127. The van der Waals surface area contributed by atoms with Gasteiger partial charge >= 0.3 is 0 Å². The summed E-state index contributed by atoms with van der Waals surface area (Å²) in [6.45, 7) is 4.27. The Morgan fingerprint density at radius 1 is 1.12 bits per heavy atom. The number of carbonyl (C=O) groups excluding carboxylic acids is 2. The van der Waals surface area contributed by atoms with Crippen LogP contribution in [0.5, 0.6) is 0 Å². The van der Waals surface area contributed by atoms with Crippen molar-refractivity contribution in [2.75, 3.05) is 0 Å². The fourth-order valence-corrected chi connectivity index (χ4v) is 2.72. The van der Waals surface area contributed by atoms with Gasteiger partial charge in [0.05, 0.1) is 5.41 Å². The maximum atomic E-state index is 11.2. The molecule has 1 fully saturated rings. The van der Waals surface area contributed by atoms with Gasteiger partial charge in [0.25, 0.3) is 0 Å². The molecular weight excluding hydrogens is 212 g/mol. The molecule has 2 nitrogen and oxygen atoms in total. The summed E-state index contributed by atoms with van der Waals surface area (Å²) < 4.78 is 0. The lowest BCUT2D eigenvalue weighted by atomic mass is 9.78. The average molecular weight is 238 g/mol. The highest BCUT2D eigenvalue weighted by atomic mass is 16.1. The molecule has 0 aromatic heterocycles. The zero-order valence-electron chi connectivity index (χ0n) is 11.3. The van der Waals surface area contributed by atoms with Crippen molar-refractivity contribution in [3.05, 3.63) is 0 Å². The van der Waals surface area contributed by atoms with Gasteiger partial charge in [-0.05, 0) is 37.5 Å². The molecule has 1 aliphatic rings. The van der Waals surface area contributed by atoms with Gasteiger partial charge in [0.2, 0.25) is 0 Å². The van der Waals surface area contributed by atoms with Gasteiger partial charge in [-0.3, -0.25) is 0 Å². The first kappa shape index (κ1) is 14.4. The van der Waals surface area contributed by atoms with Crippen molar-refractivity contribution in [1.82, 2.24) is 0 Å². The smallest absolute Gasteiger partial charge is 0.133 e. The fraction of sp³-hybridized carbons (Fsp3) is 0.867. The molecule has 1 rings (SSSR count). The summed E-state index contributed by atoms with van der Waals surface area (Å²) in [6, 6.07) is 0. The second-order valence-electron chi connectivity index (χ2n) is 6.09. The molecule has 0 aromatic carbocycles. The Morgan fingerprint density at radius 3 is 2.18 bits per heavy atom. The van der Waals surface area contributed by atoms with Crippen LogP contribution in [0.2, 0.25) is 0 Å². The number of carbonyl (C=O) groups is 2. The number of aldehydes is 2. The second kappa shape index (κ2) is 6.93. The highest BCUT2D eigenvalue weighted by Crippen LogP contribution is 2.34. The summed E-state index contributed by atoms with van der Waals surface area (Å²) in [6.07, 6.45) is 10.5. The summed E-state index contributed by atoms with van der Waals surface area (Å²) in [7, 11) is 0. The summed E-state index contributed by atoms with van der Waals surface area (Å²) in [5, 5.41) is 0. The van der Waals surface area contributed by atoms with Gasteiger partial charge in [0, 0.05) is 0 Å². The molecule has 1 saturated carbocycles. The molecule has 0 radical (unpaired) electrons. The third kappa shape index (κ3) is 4.61. The van der Waals surface area contributed by atoms with Crippen LogP contribution in [0.3, 0.4) is 0 Å². The fourth-order valence-electron chi connectivity index (χ4n) is 2.72. The van der Waals surface area contributed by atoms with Crippen molar-refractivity contribution in [3.8, 4) is 0 Å². The Kier molecular flexibility index (Phi) is 5.87. The maximum absolute atomic E-state index is 11.2. The molecule has 0 N–H and O–H groups in total. The molecule has 0 heterocycles. The van der Waals surface area contributed by atoms with Gasteiger partial charge in [0.15, 0.2) is 0 Å². The van der Waals surface area contributed by atoms with Gasteiger partial charge in [-0.25, -0.2) is 0 Å². The molecule has 0 bridgehead atoms. The molecule has 98 valence electrons. The van der Waals surface area contributed by atoms with E-state index in [4.69, 9.17) is 0 Å². The van der Waals surface area contributed by atoms with E-state index < -0.39 is 5.41 Å². The van der Waals surface area contributed by atoms with Crippen molar-refractivity contribution in [3.63, 3.8) is 0 Å². The van der Waals surface area contributed by atoms with E-state index in [1.54, 1.807) is 0 Å². The van der Waals surface area contributed by atoms with E-state index in [2.05, 4.69) is 13.8 Å². The van der Waals surface area contributed by atoms with Crippen molar-refractivity contribution in [2.24, 2.45) is 17.3 Å². The van der Waals surface area contributed by atoms with Gasteiger partial charge < -0.3 is 9.59 Å². The number of hydrogen-bond donors (Lipinski definition) is 0. The first-order valence-electron chi connectivity index (χ1n) is 7.04. The van der Waals surface area contributed by atoms with Crippen molar-refractivity contribution in [1.29, 1.82) is 0 Å². The van der Waals surface area contributed by atoms with E-state index in [1.807, 2.05) is 0 Å². The van der Waals surface area contributed by atoms with Crippen LogP contribution in [0.25, 0.3) is 0 Å². The standard InChI is InChI=1S/C15H26O2/c1-13(2)7-9-15(11-16,12-17)10-8-14-5-3-4-6-14/h11-14H,3-10H2,1-2H3. The highest BCUT2D eigenvalue weighted by molar-refractivity contribution is 5.83. The van der Waals surface area contributed by atoms with Crippen LogP contribution >= 0.6 is 0 Å². The van der Waals surface area contributed by atoms with E-state index >= 15 is 0 Å². The maximum Gasteiger partial charge on any atom is 0.133 e. The predicted molar refractivity (Wildman–Crippen MR) is 69.8 cm³/mol. The third-order valence-electron chi connectivity index (χ3n) is 4.15. The van der Waals surface area contributed by atoms with Gasteiger partial charge in [-0.2, -0.15) is 0 Å². The first-order valence-corrected chi connectivity index (χ1v) is 7.04. The van der Waals surface area contributed by atoms with Gasteiger partial charge in [-0.15, -0.1) is 0 Å². The summed E-state index contributed by atoms with van der Waals surface area (Å²) >= 11 is 0. The molecule has 17 heavy (non-hydrogen) atoms. The Bertz CT molecular complexity index is 231. The van der Waals surface area contributed by atoms with E-state index in [0.717, 1.165) is 44.2 Å². The number of hydrogen-bond acceptors (Lipinski definition) is 2. The van der Waals surface area contributed by atoms with Crippen molar-refractivity contribution >= 4 is 12.6 Å². The van der Waals surface area contributed by atoms with E-state index in [9.17, 15) is 9.59 Å². The molecule has 2 heteroatoms. The SMILES string of the molecule is CC(C)CCC(C=O)(C=O)CCC1CCCC1. The molecular formula is C15H26O2. The van der Waals surface area contributed by atoms with E-state index in [1.165, 1.54) is 25.7 Å². The molecule has 0 saturated heterocycles. The topological polar surface area (TPSA) is 34.1 Å². The Labute approximate surface area is 105 Å². The zero-order chi connectivity index (χ0) is 12.7. The zero-order valence-corrected chi connectivity index (χ0v) is 11.3. The molecule has 0 spiro atoms. The molecule has 0 amide bonds. The molecule has 0 atom stereocenters. The minimum Gasteiger partial charge on any atom is -0.302 e. The molecule has 1 aliphatic carbocycles. The van der Waals surface area contributed by atoms with Crippen LogP contribution in [-0.4, -0.2) is 12.6 Å². The van der Waals surface area contributed by atoms with Crippen LogP contribution in [0.1, 0.15) is 65.2 Å². The Hall–Kier alpha value is -0.660. The molecule has 0 unspecified atom stereocenters. The van der Waals surface area contributed by atoms with Crippen molar-refractivity contribution in [2.45, 2.75) is 65.2 Å². The van der Waals surface area contributed by atoms with Crippen LogP contribution in [-0.2, 0) is 9.59 Å². The summed E-state index contributed by atoms with van der Waals surface area (Å²) in [4.78, 5) is 22.5. The average Bonchev–Trinajstić information content (AvgIpc) is 2.83. The monoisotopic (exact) mass is 238 g/mol. The van der Waals surface area contributed by atoms with E-state index in [0.29, 0.717) is 5.92 Å². The molecule has 0 aliphatic heterocycles. The lowest BCUT2D eigenvalue weighted by Gasteiger charge is -2.24. The predicted octanol–water partition coefficient (Wildman–Crippen LogP) is 3.78. The Balaban J connectivity index is 2.44. The second-order valence-corrected chi connectivity index (χ2v) is 6.09. The highest BCUT2D eigenvalue weighted by Gasteiger charge is 2.30. The van der Waals surface area contributed by atoms with Crippen LogP contribution in [0.15, 0.2) is 0 Å².